The predicted octanol–water partition coefficient (Wildman–Crippen LogP) is 4.59. The molecule has 3 aromatic rings. The van der Waals surface area contributed by atoms with E-state index in [1.165, 1.54) is 24.3 Å². The summed E-state index contributed by atoms with van der Waals surface area (Å²) in [6.07, 6.45) is 0. The average Bonchev–Trinajstić information content (AvgIpc) is 2.75. The van der Waals surface area contributed by atoms with Crippen LogP contribution in [0.3, 0.4) is 0 Å². The lowest BCUT2D eigenvalue weighted by Crippen LogP contribution is -2.17. The fraction of sp³-hybridized carbons (Fsp3) is 0.0476. The average molecular weight is 444 g/mol. The number of carbonyl (C=O) groups excluding carboxylic acids is 1. The number of halogens is 1. The minimum atomic E-state index is -3.91. The summed E-state index contributed by atoms with van der Waals surface area (Å²) in [4.78, 5) is 12.6. The van der Waals surface area contributed by atoms with E-state index in [0.29, 0.717) is 27.7 Å². The first-order chi connectivity index (χ1) is 14.3. The Labute approximate surface area is 179 Å². The molecule has 0 atom stereocenters. The van der Waals surface area contributed by atoms with Crippen LogP contribution in [-0.4, -0.2) is 25.2 Å². The Morgan fingerprint density at radius 1 is 1.00 bits per heavy atom. The van der Waals surface area contributed by atoms with E-state index in [-0.39, 0.29) is 10.5 Å². The van der Waals surface area contributed by atoms with Gasteiger partial charge in [0.1, 0.15) is 0 Å². The molecule has 7 nitrogen and oxygen atoms in total. The van der Waals surface area contributed by atoms with Crippen LogP contribution in [0.2, 0.25) is 5.02 Å². The van der Waals surface area contributed by atoms with Gasteiger partial charge in [-0.3, -0.25) is 9.52 Å². The molecule has 0 fully saturated rings. The molecule has 1 amide bonds. The lowest BCUT2D eigenvalue weighted by atomic mass is 10.1. The lowest BCUT2D eigenvalue weighted by Gasteiger charge is -2.12. The Kier molecular flexibility index (Phi) is 6.39. The van der Waals surface area contributed by atoms with Crippen molar-refractivity contribution in [3.63, 3.8) is 0 Å². The van der Waals surface area contributed by atoms with E-state index in [1.807, 2.05) is 0 Å². The molecule has 0 unspecified atom stereocenters. The maximum atomic E-state index is 12.7. The first-order valence-corrected chi connectivity index (χ1v) is 10.6. The number of amides is 1. The molecule has 9 heteroatoms. The molecule has 0 saturated heterocycles. The highest BCUT2D eigenvalue weighted by molar-refractivity contribution is 7.92. The SMILES string of the molecule is CC(=NO)c1ccccc1NC(=O)c1cccc(S(=O)(=O)Nc2ccc(Cl)cc2)c1. The third-order valence-corrected chi connectivity index (χ3v) is 5.85. The maximum absolute atomic E-state index is 12.7. The number of nitrogens with one attached hydrogen (secondary N) is 2. The number of carbonyl (C=O) groups is 1. The molecular formula is C21H18ClN3O4S. The third kappa shape index (κ3) is 4.97. The molecule has 3 aromatic carbocycles. The van der Waals surface area contributed by atoms with Crippen molar-refractivity contribution in [2.75, 3.05) is 10.0 Å². The number of hydrogen-bond acceptors (Lipinski definition) is 5. The van der Waals surface area contributed by atoms with Crippen molar-refractivity contribution >= 4 is 44.6 Å². The quantitative estimate of drug-likeness (QED) is 0.294. The Morgan fingerprint density at radius 3 is 2.40 bits per heavy atom. The minimum absolute atomic E-state index is 0.0634. The second-order valence-corrected chi connectivity index (χ2v) is 8.44. The second kappa shape index (κ2) is 8.98. The zero-order valence-electron chi connectivity index (χ0n) is 15.8. The number of para-hydroxylation sites is 1. The molecule has 0 bridgehead atoms. The Balaban J connectivity index is 1.85. The molecule has 0 saturated carbocycles. The van der Waals surface area contributed by atoms with Crippen molar-refractivity contribution in [3.8, 4) is 0 Å². The van der Waals surface area contributed by atoms with Gasteiger partial charge in [0.05, 0.1) is 16.3 Å². The van der Waals surface area contributed by atoms with Crippen LogP contribution in [0.1, 0.15) is 22.8 Å². The third-order valence-electron chi connectivity index (χ3n) is 4.22. The fourth-order valence-corrected chi connectivity index (χ4v) is 3.92. The van der Waals surface area contributed by atoms with Crippen LogP contribution in [0.4, 0.5) is 11.4 Å². The van der Waals surface area contributed by atoms with Gasteiger partial charge < -0.3 is 10.5 Å². The Bertz CT molecular complexity index is 1210. The van der Waals surface area contributed by atoms with Crippen LogP contribution in [-0.2, 0) is 10.0 Å². The normalized spacial score (nSPS) is 11.7. The van der Waals surface area contributed by atoms with Crippen LogP contribution in [0, 0.1) is 0 Å². The number of nitrogens with zero attached hydrogens (tertiary/aromatic N) is 1. The number of anilines is 2. The van der Waals surface area contributed by atoms with E-state index in [1.54, 1.807) is 55.5 Å². The van der Waals surface area contributed by atoms with Crippen LogP contribution in [0.5, 0.6) is 0 Å². The molecule has 0 radical (unpaired) electrons. The van der Waals surface area contributed by atoms with Crippen LogP contribution in [0.15, 0.2) is 82.8 Å². The number of rotatable bonds is 6. The summed E-state index contributed by atoms with van der Waals surface area (Å²) in [5, 5.41) is 15.4. The van der Waals surface area contributed by atoms with Gasteiger partial charge in [-0.05, 0) is 55.5 Å². The van der Waals surface area contributed by atoms with E-state index >= 15 is 0 Å². The summed E-state index contributed by atoms with van der Waals surface area (Å²) in [5.41, 5.74) is 1.81. The summed E-state index contributed by atoms with van der Waals surface area (Å²) in [6, 6.07) is 18.7. The topological polar surface area (TPSA) is 108 Å². The van der Waals surface area contributed by atoms with Gasteiger partial charge in [0.15, 0.2) is 0 Å². The minimum Gasteiger partial charge on any atom is -0.411 e. The van der Waals surface area contributed by atoms with Gasteiger partial charge in [-0.1, -0.05) is 41.0 Å². The van der Waals surface area contributed by atoms with Crippen molar-refractivity contribution in [2.24, 2.45) is 5.16 Å². The van der Waals surface area contributed by atoms with Gasteiger partial charge in [-0.25, -0.2) is 8.42 Å². The Morgan fingerprint density at radius 2 is 1.70 bits per heavy atom. The summed E-state index contributed by atoms with van der Waals surface area (Å²) in [7, 11) is -3.91. The van der Waals surface area contributed by atoms with Gasteiger partial charge >= 0.3 is 0 Å². The largest absolute Gasteiger partial charge is 0.411 e. The van der Waals surface area contributed by atoms with Crippen LogP contribution < -0.4 is 10.0 Å². The highest BCUT2D eigenvalue weighted by Crippen LogP contribution is 2.21. The van der Waals surface area contributed by atoms with Crippen molar-refractivity contribution in [1.82, 2.24) is 0 Å². The highest BCUT2D eigenvalue weighted by Gasteiger charge is 2.17. The van der Waals surface area contributed by atoms with E-state index < -0.39 is 15.9 Å². The number of benzene rings is 3. The number of hydrogen-bond donors (Lipinski definition) is 3. The smallest absolute Gasteiger partial charge is 0.261 e. The van der Waals surface area contributed by atoms with Gasteiger partial charge in [-0.15, -0.1) is 0 Å². The zero-order chi connectivity index (χ0) is 21.7. The second-order valence-electron chi connectivity index (χ2n) is 6.33. The van der Waals surface area contributed by atoms with Crippen molar-refractivity contribution in [1.29, 1.82) is 0 Å². The van der Waals surface area contributed by atoms with E-state index in [0.717, 1.165) is 0 Å². The molecule has 154 valence electrons. The number of oxime groups is 1. The number of sulfonamides is 1. The van der Waals surface area contributed by atoms with Crippen LogP contribution in [0.25, 0.3) is 0 Å². The van der Waals surface area contributed by atoms with Crippen molar-refractivity contribution < 1.29 is 18.4 Å². The molecule has 0 heterocycles. The molecule has 0 spiro atoms. The zero-order valence-corrected chi connectivity index (χ0v) is 17.4. The summed E-state index contributed by atoms with van der Waals surface area (Å²) in [6.45, 7) is 1.60. The van der Waals surface area contributed by atoms with Gasteiger partial charge in [-0.2, -0.15) is 0 Å². The van der Waals surface area contributed by atoms with Gasteiger partial charge in [0.2, 0.25) is 0 Å². The fourth-order valence-electron chi connectivity index (χ4n) is 2.69. The molecule has 0 aliphatic rings. The monoisotopic (exact) mass is 443 g/mol. The summed E-state index contributed by atoms with van der Waals surface area (Å²) in [5.74, 6) is -0.503. The maximum Gasteiger partial charge on any atom is 0.261 e. The predicted molar refractivity (Wildman–Crippen MR) is 117 cm³/mol. The molecule has 0 aromatic heterocycles. The standard InChI is InChI=1S/C21H18ClN3O4S/c1-14(24-27)19-7-2-3-8-20(19)23-21(26)15-5-4-6-18(13-15)30(28,29)25-17-11-9-16(22)10-12-17/h2-13,25,27H,1H3,(H,23,26). The van der Waals surface area contributed by atoms with Crippen molar-refractivity contribution in [2.45, 2.75) is 11.8 Å². The summed E-state index contributed by atoms with van der Waals surface area (Å²) >= 11 is 5.82. The molecule has 0 aliphatic heterocycles. The first-order valence-electron chi connectivity index (χ1n) is 8.78. The van der Waals surface area contributed by atoms with Gasteiger partial charge in [0, 0.05) is 21.8 Å². The van der Waals surface area contributed by atoms with E-state index in [4.69, 9.17) is 16.8 Å². The molecule has 0 aliphatic carbocycles. The van der Waals surface area contributed by atoms with E-state index in [9.17, 15) is 13.2 Å². The molecule has 3 rings (SSSR count). The van der Waals surface area contributed by atoms with Crippen LogP contribution >= 0.6 is 11.6 Å². The first kappa shape index (κ1) is 21.4. The van der Waals surface area contributed by atoms with E-state index in [2.05, 4.69) is 15.2 Å². The van der Waals surface area contributed by atoms with Gasteiger partial charge in [0.25, 0.3) is 15.9 Å². The lowest BCUT2D eigenvalue weighted by molar-refractivity contribution is 0.102. The molecule has 3 N–H and O–H groups in total. The highest BCUT2D eigenvalue weighted by atomic mass is 35.5. The summed E-state index contributed by atoms with van der Waals surface area (Å²) < 4.78 is 27.8. The Hall–Kier alpha value is -3.36. The molecule has 30 heavy (non-hydrogen) atoms. The van der Waals surface area contributed by atoms with Crippen molar-refractivity contribution in [3.05, 3.63) is 88.9 Å². The molecular weight excluding hydrogens is 426 g/mol.